The monoisotopic (exact) mass is 420 g/mol. The number of nitrogens with zero attached hydrogens (tertiary/aromatic N) is 4. The smallest absolute Gasteiger partial charge is 0.0434 e. The molecular weight excluding hydrogens is 392 g/mol. The van der Waals surface area contributed by atoms with E-state index in [1.54, 1.807) is 0 Å². The van der Waals surface area contributed by atoms with Crippen molar-refractivity contribution in [1.82, 2.24) is 19.9 Å². The molecule has 0 aliphatic heterocycles. The van der Waals surface area contributed by atoms with Crippen LogP contribution in [0.5, 0.6) is 0 Å². The maximum atomic E-state index is 4.75. The molecule has 0 amide bonds. The third-order valence-corrected chi connectivity index (χ3v) is 6.70. The molecule has 0 aromatic carbocycles. The molecule has 4 nitrogen and oxygen atoms in total. The number of aromatic nitrogens is 4. The molecule has 0 saturated heterocycles. The quantitative estimate of drug-likeness (QED) is 0.390. The number of rotatable bonds is 4. The average molecular weight is 421 g/mol. The van der Waals surface area contributed by atoms with Gasteiger partial charge < -0.3 is 0 Å². The van der Waals surface area contributed by atoms with Crippen LogP contribution in [0.2, 0.25) is 0 Å². The second-order valence-electron chi connectivity index (χ2n) is 8.75. The third kappa shape index (κ3) is 4.75. The normalized spacial score (nSPS) is 23.8. The molecule has 4 heterocycles. The van der Waals surface area contributed by atoms with Gasteiger partial charge in [-0.25, -0.2) is 0 Å². The standard InChI is InChI=1S/C28H28N4/c1-5-13-29-25(9-1)21-17-22(26-10-2-6-14-30-26)19-24(28-12-4-8-16-32-28)20-23(18-21)27-11-3-7-15-31-27/h1-16,21-24H,17-20H2. The fourth-order valence-electron chi connectivity index (χ4n) is 5.19. The molecule has 1 fully saturated rings. The topological polar surface area (TPSA) is 51.6 Å². The first-order valence-electron chi connectivity index (χ1n) is 11.5. The predicted octanol–water partition coefficient (Wildman–Crippen LogP) is 6.28. The van der Waals surface area contributed by atoms with Crippen molar-refractivity contribution in [2.75, 3.05) is 0 Å². The molecule has 32 heavy (non-hydrogen) atoms. The molecule has 160 valence electrons. The van der Waals surface area contributed by atoms with Crippen LogP contribution in [0, 0.1) is 0 Å². The first kappa shape index (κ1) is 20.5. The van der Waals surface area contributed by atoms with Gasteiger partial charge in [-0.05, 0) is 74.2 Å². The van der Waals surface area contributed by atoms with Gasteiger partial charge in [0.2, 0.25) is 0 Å². The van der Waals surface area contributed by atoms with Crippen molar-refractivity contribution in [3.8, 4) is 0 Å². The van der Waals surface area contributed by atoms with Crippen LogP contribution in [-0.2, 0) is 0 Å². The summed E-state index contributed by atoms with van der Waals surface area (Å²) >= 11 is 0. The molecule has 1 saturated carbocycles. The van der Waals surface area contributed by atoms with E-state index in [0.717, 1.165) is 25.7 Å². The molecule has 0 spiro atoms. The largest absolute Gasteiger partial charge is 0.261 e. The van der Waals surface area contributed by atoms with Gasteiger partial charge in [0.15, 0.2) is 0 Å². The second kappa shape index (κ2) is 9.82. The molecule has 5 rings (SSSR count). The van der Waals surface area contributed by atoms with Gasteiger partial charge in [-0.15, -0.1) is 0 Å². The van der Waals surface area contributed by atoms with Gasteiger partial charge in [0.1, 0.15) is 0 Å². The van der Waals surface area contributed by atoms with E-state index in [1.165, 1.54) is 22.8 Å². The van der Waals surface area contributed by atoms with Crippen molar-refractivity contribution in [3.05, 3.63) is 120 Å². The van der Waals surface area contributed by atoms with Gasteiger partial charge in [0.25, 0.3) is 0 Å². The first-order chi connectivity index (χ1) is 15.9. The second-order valence-corrected chi connectivity index (χ2v) is 8.75. The number of hydrogen-bond donors (Lipinski definition) is 0. The summed E-state index contributed by atoms with van der Waals surface area (Å²) in [6, 6.07) is 25.1. The summed E-state index contributed by atoms with van der Waals surface area (Å²) in [4.78, 5) is 19.0. The van der Waals surface area contributed by atoms with E-state index < -0.39 is 0 Å². The SMILES string of the molecule is c1ccc(C2CC(c3ccccn3)CC(c3ccccn3)CC(c3ccccn3)C2)nc1. The molecule has 1 aliphatic carbocycles. The lowest BCUT2D eigenvalue weighted by Crippen LogP contribution is -2.21. The van der Waals surface area contributed by atoms with Crippen LogP contribution in [0.3, 0.4) is 0 Å². The Kier molecular flexibility index (Phi) is 6.29. The Morgan fingerprint density at radius 3 is 0.812 bits per heavy atom. The molecule has 0 unspecified atom stereocenters. The van der Waals surface area contributed by atoms with Crippen molar-refractivity contribution in [2.24, 2.45) is 0 Å². The van der Waals surface area contributed by atoms with E-state index in [9.17, 15) is 0 Å². The van der Waals surface area contributed by atoms with Crippen molar-refractivity contribution in [2.45, 2.75) is 49.4 Å². The van der Waals surface area contributed by atoms with Crippen LogP contribution in [0.25, 0.3) is 0 Å². The minimum absolute atomic E-state index is 0.361. The molecule has 4 aromatic rings. The Morgan fingerprint density at radius 2 is 0.625 bits per heavy atom. The van der Waals surface area contributed by atoms with Crippen LogP contribution >= 0.6 is 0 Å². The summed E-state index contributed by atoms with van der Waals surface area (Å²) < 4.78 is 0. The zero-order valence-electron chi connectivity index (χ0n) is 18.2. The summed E-state index contributed by atoms with van der Waals surface area (Å²) in [5.41, 5.74) is 4.69. The fraction of sp³-hybridized carbons (Fsp3) is 0.286. The molecular formula is C28H28N4. The maximum Gasteiger partial charge on any atom is 0.0434 e. The molecule has 0 radical (unpaired) electrons. The van der Waals surface area contributed by atoms with Gasteiger partial charge in [0.05, 0.1) is 0 Å². The molecule has 4 heteroatoms. The highest BCUT2D eigenvalue weighted by Gasteiger charge is 2.33. The van der Waals surface area contributed by atoms with E-state index in [1.807, 2.05) is 49.1 Å². The van der Waals surface area contributed by atoms with E-state index in [0.29, 0.717) is 23.7 Å². The third-order valence-electron chi connectivity index (χ3n) is 6.70. The Labute approximate surface area is 189 Å². The minimum atomic E-state index is 0.361. The molecule has 0 bridgehead atoms. The van der Waals surface area contributed by atoms with Crippen LogP contribution in [0.1, 0.15) is 72.1 Å². The lowest BCUT2D eigenvalue weighted by Gasteiger charge is -2.34. The summed E-state index contributed by atoms with van der Waals surface area (Å²) in [7, 11) is 0. The highest BCUT2D eigenvalue weighted by molar-refractivity contribution is 5.22. The van der Waals surface area contributed by atoms with E-state index in [2.05, 4.69) is 48.5 Å². The molecule has 4 aromatic heterocycles. The lowest BCUT2D eigenvalue weighted by molar-refractivity contribution is 0.339. The Morgan fingerprint density at radius 1 is 0.375 bits per heavy atom. The van der Waals surface area contributed by atoms with Crippen LogP contribution in [-0.4, -0.2) is 19.9 Å². The molecule has 0 atom stereocenters. The Balaban J connectivity index is 1.55. The summed E-state index contributed by atoms with van der Waals surface area (Å²) in [6.07, 6.45) is 11.8. The van der Waals surface area contributed by atoms with Gasteiger partial charge in [0, 0.05) is 71.2 Å². The van der Waals surface area contributed by atoms with Crippen LogP contribution in [0.4, 0.5) is 0 Å². The average Bonchev–Trinajstić information content (AvgIpc) is 2.86. The van der Waals surface area contributed by atoms with E-state index in [4.69, 9.17) is 19.9 Å². The highest BCUT2D eigenvalue weighted by Crippen LogP contribution is 2.46. The zero-order valence-corrected chi connectivity index (χ0v) is 18.2. The Hall–Kier alpha value is -3.40. The van der Waals surface area contributed by atoms with Gasteiger partial charge in [-0.3, -0.25) is 19.9 Å². The number of pyridine rings is 4. The molecule has 1 aliphatic rings. The van der Waals surface area contributed by atoms with Crippen LogP contribution < -0.4 is 0 Å². The summed E-state index contributed by atoms with van der Waals surface area (Å²) in [5.74, 6) is 1.44. The first-order valence-corrected chi connectivity index (χ1v) is 11.5. The Bertz CT molecular complexity index is 897. The van der Waals surface area contributed by atoms with Crippen molar-refractivity contribution >= 4 is 0 Å². The summed E-state index contributed by atoms with van der Waals surface area (Å²) in [5, 5.41) is 0. The lowest BCUT2D eigenvalue weighted by atomic mass is 9.71. The van der Waals surface area contributed by atoms with Crippen molar-refractivity contribution in [1.29, 1.82) is 0 Å². The number of hydrogen-bond acceptors (Lipinski definition) is 4. The fourth-order valence-corrected chi connectivity index (χ4v) is 5.19. The maximum absolute atomic E-state index is 4.75. The minimum Gasteiger partial charge on any atom is -0.261 e. The van der Waals surface area contributed by atoms with Gasteiger partial charge >= 0.3 is 0 Å². The van der Waals surface area contributed by atoms with Crippen LogP contribution in [0.15, 0.2) is 97.6 Å². The zero-order chi connectivity index (χ0) is 21.6. The van der Waals surface area contributed by atoms with Crippen molar-refractivity contribution in [3.63, 3.8) is 0 Å². The van der Waals surface area contributed by atoms with E-state index in [-0.39, 0.29) is 0 Å². The summed E-state index contributed by atoms with van der Waals surface area (Å²) in [6.45, 7) is 0. The van der Waals surface area contributed by atoms with Crippen molar-refractivity contribution < 1.29 is 0 Å². The predicted molar refractivity (Wildman–Crippen MR) is 126 cm³/mol. The van der Waals surface area contributed by atoms with Gasteiger partial charge in [-0.1, -0.05) is 24.3 Å². The molecule has 0 N–H and O–H groups in total. The van der Waals surface area contributed by atoms with E-state index >= 15 is 0 Å². The highest BCUT2D eigenvalue weighted by atomic mass is 14.7. The van der Waals surface area contributed by atoms with Gasteiger partial charge in [-0.2, -0.15) is 0 Å².